The normalized spacial score (nSPS) is 12.8. The maximum absolute atomic E-state index is 12.6. The smallest absolute Gasteiger partial charge is 0.269 e. The monoisotopic (exact) mass is 480 g/mol. The molecule has 2 aromatic carbocycles. The van der Waals surface area contributed by atoms with Crippen LogP contribution in [0.4, 0.5) is 17.1 Å². The Morgan fingerprint density at radius 1 is 1.19 bits per heavy atom. The van der Waals surface area contributed by atoms with Crippen LogP contribution in [-0.4, -0.2) is 37.1 Å². The predicted molar refractivity (Wildman–Crippen MR) is 121 cm³/mol. The molecule has 1 aromatic heterocycles. The van der Waals surface area contributed by atoms with Gasteiger partial charge in [0.2, 0.25) is 0 Å². The summed E-state index contributed by atoms with van der Waals surface area (Å²) in [6.07, 6.45) is 2.19. The first-order valence-electron chi connectivity index (χ1n) is 9.45. The Morgan fingerprint density at radius 2 is 1.88 bits per heavy atom. The van der Waals surface area contributed by atoms with Gasteiger partial charge in [-0.2, -0.15) is 0 Å². The second-order valence-corrected chi connectivity index (χ2v) is 9.04. The highest BCUT2D eigenvalue weighted by molar-refractivity contribution is 7.89. The van der Waals surface area contributed by atoms with E-state index in [-0.39, 0.29) is 28.1 Å². The number of benzene rings is 1. The molecule has 0 fully saturated rings. The lowest BCUT2D eigenvalue weighted by Crippen LogP contribution is -2.37. The molecule has 0 amide bonds. The first kappa shape index (κ1) is 23.7. The number of hydroxylamine groups is 1. The predicted octanol–water partition coefficient (Wildman–Crippen LogP) is 2.53. The Balaban J connectivity index is 1.98. The summed E-state index contributed by atoms with van der Waals surface area (Å²) in [7, 11) is -2.03. The van der Waals surface area contributed by atoms with Crippen LogP contribution in [0.3, 0.4) is 0 Å². The van der Waals surface area contributed by atoms with Gasteiger partial charge in [-0.3, -0.25) is 19.4 Å². The molecule has 3 aromatic rings. The van der Waals surface area contributed by atoms with Crippen molar-refractivity contribution in [2.24, 2.45) is 0 Å². The van der Waals surface area contributed by atoms with E-state index in [1.807, 2.05) is 6.92 Å². The molecule has 1 atom stereocenters. The molecule has 0 saturated heterocycles. The van der Waals surface area contributed by atoms with Crippen LogP contribution in [0.2, 0.25) is 5.02 Å². The van der Waals surface area contributed by atoms with Crippen molar-refractivity contribution in [3.05, 3.63) is 67.7 Å². The Hall–Kier alpha value is -2.99. The lowest BCUT2D eigenvalue weighted by Gasteiger charge is -2.22. The zero-order valence-electron chi connectivity index (χ0n) is 17.4. The maximum atomic E-state index is 12.6. The number of phenols is 1. The molecule has 0 radical (unpaired) electrons. The van der Waals surface area contributed by atoms with E-state index in [1.54, 1.807) is 24.4 Å². The minimum Gasteiger partial charge on any atom is -0.504 e. The maximum Gasteiger partial charge on any atom is 0.269 e. The topological polar surface area (TPSA) is 138 Å². The van der Waals surface area contributed by atoms with Gasteiger partial charge >= 0.3 is 0 Å². The van der Waals surface area contributed by atoms with Gasteiger partial charge in [-0.1, -0.05) is 29.1 Å². The number of pyridine rings is 1. The van der Waals surface area contributed by atoms with Gasteiger partial charge in [0, 0.05) is 13.2 Å². The van der Waals surface area contributed by atoms with E-state index in [2.05, 4.69) is 15.6 Å². The average molecular weight is 481 g/mol. The lowest BCUT2D eigenvalue weighted by molar-refractivity contribution is -0.0259. The van der Waals surface area contributed by atoms with Gasteiger partial charge in [-0.05, 0) is 30.7 Å². The fourth-order valence-electron chi connectivity index (χ4n) is 3.04. The third-order valence-corrected chi connectivity index (χ3v) is 7.06. The van der Waals surface area contributed by atoms with Crippen LogP contribution in [0, 0.1) is 0 Å². The first-order chi connectivity index (χ1) is 15.1. The van der Waals surface area contributed by atoms with Crippen molar-refractivity contribution in [2.75, 3.05) is 24.8 Å². The standard InChI is InChI=1S/C20H21ClN4O6S/c1-4-12(13-7-5-6-10-22-13)23-15-16(19(28)18(15)27)24-14-9-8-11(21)20(17(14)26)32(29,30)25(2)31-3/h5-10,12,23-24,26H,4H2,1-3H3/t12-/m1/s1. The van der Waals surface area contributed by atoms with Gasteiger partial charge in [0.05, 0.1) is 29.6 Å². The number of nitrogens with zero attached hydrogens (tertiary/aromatic N) is 2. The number of halogens is 1. The second kappa shape index (κ2) is 9.25. The molecular formula is C20H21ClN4O6S. The minimum absolute atomic E-state index is 0.0141. The van der Waals surface area contributed by atoms with Gasteiger partial charge in [0.25, 0.3) is 20.9 Å². The molecule has 1 heterocycles. The van der Waals surface area contributed by atoms with Crippen molar-refractivity contribution in [2.45, 2.75) is 24.3 Å². The number of anilines is 3. The van der Waals surface area contributed by atoms with Crippen LogP contribution in [0.5, 0.6) is 5.75 Å². The summed E-state index contributed by atoms with van der Waals surface area (Å²) < 4.78 is 25.8. The Kier molecular flexibility index (Phi) is 6.84. The lowest BCUT2D eigenvalue weighted by atomic mass is 10.1. The van der Waals surface area contributed by atoms with Gasteiger partial charge in [-0.15, -0.1) is 0 Å². The zero-order chi connectivity index (χ0) is 23.6. The molecule has 0 aliphatic heterocycles. The Morgan fingerprint density at radius 3 is 2.47 bits per heavy atom. The number of aromatic nitrogens is 1. The molecule has 170 valence electrons. The van der Waals surface area contributed by atoms with E-state index >= 15 is 0 Å². The third kappa shape index (κ3) is 4.19. The number of phenolic OH excluding ortho intramolecular Hbond substituents is 1. The van der Waals surface area contributed by atoms with Crippen LogP contribution in [0.15, 0.2) is 51.0 Å². The Labute approximate surface area is 189 Å². The molecule has 10 nitrogen and oxygen atoms in total. The number of hydrogen-bond donors (Lipinski definition) is 3. The molecule has 3 rings (SSSR count). The van der Waals surface area contributed by atoms with Crippen LogP contribution >= 0.6 is 11.6 Å². The van der Waals surface area contributed by atoms with Crippen LogP contribution in [0.25, 0.3) is 0 Å². The van der Waals surface area contributed by atoms with E-state index in [0.29, 0.717) is 16.6 Å². The average Bonchev–Trinajstić information content (AvgIpc) is 2.79. The van der Waals surface area contributed by atoms with Gasteiger partial charge < -0.3 is 15.7 Å². The molecule has 3 N–H and O–H groups in total. The second-order valence-electron chi connectivity index (χ2n) is 6.76. The summed E-state index contributed by atoms with van der Waals surface area (Å²) >= 11 is 6.01. The van der Waals surface area contributed by atoms with E-state index in [1.165, 1.54) is 12.1 Å². The molecule has 12 heteroatoms. The molecule has 0 saturated carbocycles. The summed E-state index contributed by atoms with van der Waals surface area (Å²) in [6, 6.07) is 7.54. The number of hydrogen-bond acceptors (Lipinski definition) is 9. The van der Waals surface area contributed by atoms with Crippen LogP contribution < -0.4 is 21.5 Å². The molecule has 32 heavy (non-hydrogen) atoms. The van der Waals surface area contributed by atoms with Crippen molar-refractivity contribution >= 4 is 38.7 Å². The number of aromatic hydroxyl groups is 1. The summed E-state index contributed by atoms with van der Waals surface area (Å²) in [5, 5.41) is 16.0. The highest BCUT2D eigenvalue weighted by Gasteiger charge is 2.31. The molecule has 0 aliphatic rings. The van der Waals surface area contributed by atoms with Crippen LogP contribution in [-0.2, 0) is 14.9 Å². The summed E-state index contributed by atoms with van der Waals surface area (Å²) in [4.78, 5) is 32.8. The van der Waals surface area contributed by atoms with E-state index in [9.17, 15) is 23.1 Å². The highest BCUT2D eigenvalue weighted by atomic mass is 35.5. The summed E-state index contributed by atoms with van der Waals surface area (Å²) in [5.74, 6) is -0.725. The van der Waals surface area contributed by atoms with Gasteiger partial charge in [0.15, 0.2) is 5.75 Å². The third-order valence-electron chi connectivity index (χ3n) is 4.88. The fourth-order valence-corrected chi connectivity index (χ4v) is 4.61. The van der Waals surface area contributed by atoms with Crippen LogP contribution in [0.1, 0.15) is 25.1 Å². The molecule has 0 aliphatic carbocycles. The van der Waals surface area contributed by atoms with Crippen molar-refractivity contribution < 1.29 is 18.4 Å². The van der Waals surface area contributed by atoms with Crippen molar-refractivity contribution in [3.63, 3.8) is 0 Å². The van der Waals surface area contributed by atoms with Gasteiger partial charge in [-0.25, -0.2) is 8.42 Å². The van der Waals surface area contributed by atoms with E-state index < -0.39 is 31.5 Å². The largest absolute Gasteiger partial charge is 0.504 e. The number of nitrogens with one attached hydrogen (secondary N) is 2. The molecular weight excluding hydrogens is 460 g/mol. The summed E-state index contributed by atoms with van der Waals surface area (Å²) in [6.45, 7) is 1.89. The minimum atomic E-state index is -4.30. The zero-order valence-corrected chi connectivity index (χ0v) is 19.0. The number of rotatable bonds is 9. The first-order valence-corrected chi connectivity index (χ1v) is 11.3. The van der Waals surface area contributed by atoms with Crippen molar-refractivity contribution in [3.8, 4) is 5.75 Å². The summed E-state index contributed by atoms with van der Waals surface area (Å²) in [5.41, 5.74) is -1.08. The van der Waals surface area contributed by atoms with Gasteiger partial charge in [0.1, 0.15) is 16.3 Å². The van der Waals surface area contributed by atoms with E-state index in [4.69, 9.17) is 16.4 Å². The van der Waals surface area contributed by atoms with Crippen molar-refractivity contribution in [1.29, 1.82) is 0 Å². The SMILES string of the molecule is CC[C@@H](Nc1c(Nc2ccc(Cl)c(S(=O)(=O)N(C)OC)c2O)c(=O)c1=O)c1ccccn1. The Bertz CT molecular complexity index is 1310. The molecule has 0 bridgehead atoms. The van der Waals surface area contributed by atoms with Crippen molar-refractivity contribution in [1.82, 2.24) is 9.45 Å². The highest BCUT2D eigenvalue weighted by Crippen LogP contribution is 2.40. The van der Waals surface area contributed by atoms with E-state index in [0.717, 1.165) is 14.2 Å². The molecule has 0 spiro atoms. The number of sulfonamides is 1. The molecule has 0 unspecified atom stereocenters. The quantitative estimate of drug-likeness (QED) is 0.239. The fraction of sp³-hybridized carbons (Fsp3) is 0.250.